The molecule has 2 atom stereocenters. The molecule has 3 rings (SSSR count). The second-order valence-electron chi connectivity index (χ2n) is 7.92. The van der Waals surface area contributed by atoms with Crippen LogP contribution in [0.1, 0.15) is 38.3 Å². The highest BCUT2D eigenvalue weighted by Crippen LogP contribution is 2.27. The van der Waals surface area contributed by atoms with Gasteiger partial charge >= 0.3 is 0 Å². The Bertz CT molecular complexity index is 523. The van der Waals surface area contributed by atoms with Crippen LogP contribution in [0.3, 0.4) is 0 Å². The Morgan fingerprint density at radius 3 is 2.22 bits per heavy atom. The van der Waals surface area contributed by atoms with Crippen LogP contribution in [-0.2, 0) is 16.6 Å². The molecule has 0 aliphatic carbocycles. The van der Waals surface area contributed by atoms with E-state index in [1.54, 1.807) is 0 Å². The normalized spacial score (nSPS) is 23.5. The van der Waals surface area contributed by atoms with Gasteiger partial charge in [0.25, 0.3) is 0 Å². The lowest BCUT2D eigenvalue weighted by Crippen LogP contribution is -2.31. The molecule has 0 bridgehead atoms. The van der Waals surface area contributed by atoms with Crippen LogP contribution in [0.5, 0.6) is 0 Å². The van der Waals surface area contributed by atoms with Crippen molar-refractivity contribution < 1.29 is 4.79 Å². The maximum Gasteiger partial charge on any atom is 0.222 e. The predicted octanol–water partition coefficient (Wildman–Crippen LogP) is 3.02. The van der Waals surface area contributed by atoms with Crippen LogP contribution in [0.4, 0.5) is 0 Å². The molecule has 1 amide bonds. The minimum absolute atomic E-state index is 0. The summed E-state index contributed by atoms with van der Waals surface area (Å²) in [7, 11) is 0. The first-order valence-corrected chi connectivity index (χ1v) is 8.51. The zero-order chi connectivity index (χ0) is 15.7. The van der Waals surface area contributed by atoms with E-state index >= 15 is 0 Å². The van der Waals surface area contributed by atoms with Crippen molar-refractivity contribution in [1.29, 1.82) is 0 Å². The quantitative estimate of drug-likeness (QED) is 0.920. The van der Waals surface area contributed by atoms with Gasteiger partial charge < -0.3 is 10.2 Å². The predicted molar refractivity (Wildman–Crippen MR) is 97.1 cm³/mol. The van der Waals surface area contributed by atoms with Gasteiger partial charge in [-0.2, -0.15) is 0 Å². The molecule has 0 spiro atoms. The number of carbonyl (C=O) groups is 1. The third kappa shape index (κ3) is 4.27. The van der Waals surface area contributed by atoms with Crippen molar-refractivity contribution in [1.82, 2.24) is 10.2 Å². The zero-order valence-electron chi connectivity index (χ0n) is 14.5. The zero-order valence-corrected chi connectivity index (χ0v) is 15.3. The standard InChI is InChI=1S/C19H28N2O.ClH/c1-19(2,3)17-7-4-14(5-8-17)6-9-18(22)21-12-15-10-20-11-16(15)13-21;/h4-5,7-8,15-16,20H,6,9-13H2,1-3H3;1H/t15-,16+;. The second kappa shape index (κ2) is 7.23. The molecular formula is C19H29ClN2O. The summed E-state index contributed by atoms with van der Waals surface area (Å²) >= 11 is 0. The molecule has 0 radical (unpaired) electrons. The summed E-state index contributed by atoms with van der Waals surface area (Å²) in [4.78, 5) is 14.5. The van der Waals surface area contributed by atoms with Crippen molar-refractivity contribution in [2.24, 2.45) is 11.8 Å². The van der Waals surface area contributed by atoms with E-state index in [2.05, 4.69) is 55.3 Å². The van der Waals surface area contributed by atoms with Crippen molar-refractivity contribution in [3.05, 3.63) is 35.4 Å². The Morgan fingerprint density at radius 2 is 1.70 bits per heavy atom. The molecule has 128 valence electrons. The van der Waals surface area contributed by atoms with Gasteiger partial charge in [0, 0.05) is 32.6 Å². The van der Waals surface area contributed by atoms with Crippen LogP contribution < -0.4 is 5.32 Å². The van der Waals surface area contributed by atoms with Gasteiger partial charge in [0.1, 0.15) is 0 Å². The van der Waals surface area contributed by atoms with E-state index in [1.807, 2.05) is 0 Å². The summed E-state index contributed by atoms with van der Waals surface area (Å²) in [5, 5.41) is 3.42. The van der Waals surface area contributed by atoms with Gasteiger partial charge in [-0.15, -0.1) is 12.4 Å². The number of carbonyl (C=O) groups excluding carboxylic acids is 1. The Kier molecular flexibility index (Phi) is 5.74. The van der Waals surface area contributed by atoms with Crippen molar-refractivity contribution in [2.75, 3.05) is 26.2 Å². The van der Waals surface area contributed by atoms with Crippen LogP contribution >= 0.6 is 12.4 Å². The first kappa shape index (κ1) is 18.3. The number of nitrogens with one attached hydrogen (secondary N) is 1. The van der Waals surface area contributed by atoms with Crippen LogP contribution in [0.25, 0.3) is 0 Å². The number of aryl methyl sites for hydroxylation is 1. The number of fused-ring (bicyclic) bond motifs is 1. The number of benzene rings is 1. The van der Waals surface area contributed by atoms with Gasteiger partial charge in [0.2, 0.25) is 5.91 Å². The number of hydrogen-bond acceptors (Lipinski definition) is 2. The SMILES string of the molecule is CC(C)(C)c1ccc(CCC(=O)N2C[C@H]3CNC[C@H]3C2)cc1.Cl. The molecular weight excluding hydrogens is 308 g/mol. The van der Waals surface area contributed by atoms with E-state index in [0.29, 0.717) is 24.2 Å². The maximum atomic E-state index is 12.4. The molecule has 4 heteroatoms. The maximum absolute atomic E-state index is 12.4. The van der Waals surface area contributed by atoms with Gasteiger partial charge in [-0.1, -0.05) is 45.0 Å². The average molecular weight is 337 g/mol. The molecule has 2 aliphatic rings. The second-order valence-corrected chi connectivity index (χ2v) is 7.92. The molecule has 23 heavy (non-hydrogen) atoms. The fourth-order valence-electron chi connectivity index (χ4n) is 3.64. The Balaban J connectivity index is 0.00000192. The summed E-state index contributed by atoms with van der Waals surface area (Å²) in [6, 6.07) is 8.75. The van der Waals surface area contributed by atoms with Crippen LogP contribution in [0.15, 0.2) is 24.3 Å². The number of nitrogens with zero attached hydrogens (tertiary/aromatic N) is 1. The lowest BCUT2D eigenvalue weighted by molar-refractivity contribution is -0.130. The first-order valence-electron chi connectivity index (χ1n) is 8.51. The number of amides is 1. The highest BCUT2D eigenvalue weighted by molar-refractivity contribution is 5.85. The molecule has 0 aromatic heterocycles. The van der Waals surface area contributed by atoms with Crippen molar-refractivity contribution >= 4 is 18.3 Å². The fourth-order valence-corrected chi connectivity index (χ4v) is 3.64. The van der Waals surface area contributed by atoms with Gasteiger partial charge in [-0.25, -0.2) is 0 Å². The molecule has 3 nitrogen and oxygen atoms in total. The molecule has 1 aromatic rings. The number of likely N-dealkylation sites (tertiary alicyclic amines) is 1. The lowest BCUT2D eigenvalue weighted by Gasteiger charge is -2.19. The van der Waals surface area contributed by atoms with Crippen LogP contribution in [0.2, 0.25) is 0 Å². The molecule has 2 heterocycles. The summed E-state index contributed by atoms with van der Waals surface area (Å²) in [5.74, 6) is 1.71. The first-order chi connectivity index (χ1) is 10.4. The largest absolute Gasteiger partial charge is 0.342 e. The number of hydrogen-bond donors (Lipinski definition) is 1. The van der Waals surface area contributed by atoms with Gasteiger partial charge in [-0.3, -0.25) is 4.79 Å². The fraction of sp³-hybridized carbons (Fsp3) is 0.632. The van der Waals surface area contributed by atoms with E-state index in [9.17, 15) is 4.79 Å². The van der Waals surface area contributed by atoms with Crippen LogP contribution in [0, 0.1) is 11.8 Å². The average Bonchev–Trinajstić information content (AvgIpc) is 3.05. The monoisotopic (exact) mass is 336 g/mol. The molecule has 2 fully saturated rings. The highest BCUT2D eigenvalue weighted by atomic mass is 35.5. The third-order valence-electron chi connectivity index (χ3n) is 5.19. The van der Waals surface area contributed by atoms with Crippen molar-refractivity contribution in [3.63, 3.8) is 0 Å². The summed E-state index contributed by atoms with van der Waals surface area (Å²) in [6.07, 6.45) is 1.50. The minimum Gasteiger partial charge on any atom is -0.342 e. The molecule has 2 saturated heterocycles. The van der Waals surface area contributed by atoms with Crippen LogP contribution in [-0.4, -0.2) is 37.0 Å². The summed E-state index contributed by atoms with van der Waals surface area (Å²) in [5.41, 5.74) is 2.81. The topological polar surface area (TPSA) is 32.3 Å². The van der Waals surface area contributed by atoms with Gasteiger partial charge in [-0.05, 0) is 34.8 Å². The number of halogens is 1. The van der Waals surface area contributed by atoms with E-state index in [-0.39, 0.29) is 17.8 Å². The van der Waals surface area contributed by atoms with Crippen molar-refractivity contribution in [2.45, 2.75) is 39.0 Å². The molecule has 0 saturated carbocycles. The molecule has 2 aliphatic heterocycles. The molecule has 1 aromatic carbocycles. The number of rotatable bonds is 3. The molecule has 0 unspecified atom stereocenters. The molecule has 1 N–H and O–H groups in total. The smallest absolute Gasteiger partial charge is 0.222 e. The van der Waals surface area contributed by atoms with E-state index in [0.717, 1.165) is 32.6 Å². The highest BCUT2D eigenvalue weighted by Gasteiger charge is 2.37. The van der Waals surface area contributed by atoms with E-state index in [1.165, 1.54) is 11.1 Å². The summed E-state index contributed by atoms with van der Waals surface area (Å²) in [6.45, 7) is 10.8. The summed E-state index contributed by atoms with van der Waals surface area (Å²) < 4.78 is 0. The lowest BCUT2D eigenvalue weighted by atomic mass is 9.86. The van der Waals surface area contributed by atoms with Gasteiger partial charge in [0.05, 0.1) is 0 Å². The van der Waals surface area contributed by atoms with Gasteiger partial charge in [0.15, 0.2) is 0 Å². The van der Waals surface area contributed by atoms with E-state index in [4.69, 9.17) is 0 Å². The van der Waals surface area contributed by atoms with E-state index < -0.39 is 0 Å². The Hall–Kier alpha value is -1.06. The van der Waals surface area contributed by atoms with Crippen molar-refractivity contribution in [3.8, 4) is 0 Å². The Morgan fingerprint density at radius 1 is 1.13 bits per heavy atom. The minimum atomic E-state index is 0. The Labute approximate surface area is 146 Å². The third-order valence-corrected chi connectivity index (χ3v) is 5.19.